The third-order valence-corrected chi connectivity index (χ3v) is 6.02. The molecule has 1 saturated carbocycles. The lowest BCUT2D eigenvalue weighted by Gasteiger charge is -2.38. The van der Waals surface area contributed by atoms with Gasteiger partial charge in [-0.2, -0.15) is 11.8 Å². The van der Waals surface area contributed by atoms with Crippen LogP contribution in [0.4, 0.5) is 4.79 Å². The van der Waals surface area contributed by atoms with E-state index in [0.717, 1.165) is 11.7 Å². The molecule has 1 aliphatic carbocycles. The van der Waals surface area contributed by atoms with Crippen molar-refractivity contribution >= 4 is 17.9 Å². The summed E-state index contributed by atoms with van der Waals surface area (Å²) < 4.78 is 11.2. The summed E-state index contributed by atoms with van der Waals surface area (Å²) in [6, 6.07) is 1.07. The molecule has 1 saturated heterocycles. The van der Waals surface area contributed by atoms with Gasteiger partial charge in [-0.3, -0.25) is 0 Å². The molecular weight excluding hydrogens is 336 g/mol. The predicted octanol–water partition coefficient (Wildman–Crippen LogP) is 3.66. The second kappa shape index (κ2) is 9.47. The highest BCUT2D eigenvalue weighted by Gasteiger charge is 2.33. The number of rotatable bonds is 6. The molecule has 5 nitrogen and oxygen atoms in total. The van der Waals surface area contributed by atoms with Gasteiger partial charge < -0.3 is 19.7 Å². The summed E-state index contributed by atoms with van der Waals surface area (Å²) in [5.74, 6) is 1.21. The average Bonchev–Trinajstić information content (AvgIpc) is 2.93. The highest BCUT2D eigenvalue weighted by molar-refractivity contribution is 7.99. The minimum absolute atomic E-state index is 0.0910. The summed E-state index contributed by atoms with van der Waals surface area (Å²) in [6.07, 6.45) is 4.53. The van der Waals surface area contributed by atoms with Crippen molar-refractivity contribution < 1.29 is 14.3 Å². The Bertz CT molecular complexity index is 427. The molecule has 4 unspecified atom stereocenters. The van der Waals surface area contributed by atoms with Gasteiger partial charge >= 0.3 is 6.09 Å². The van der Waals surface area contributed by atoms with Crippen LogP contribution in [0.3, 0.4) is 0 Å². The van der Waals surface area contributed by atoms with Crippen LogP contribution in [0.25, 0.3) is 0 Å². The van der Waals surface area contributed by atoms with Crippen molar-refractivity contribution in [2.45, 2.75) is 89.3 Å². The van der Waals surface area contributed by atoms with Crippen molar-refractivity contribution in [1.82, 2.24) is 10.2 Å². The first kappa shape index (κ1) is 20.8. The minimum atomic E-state index is -0.459. The third kappa shape index (κ3) is 6.99. The predicted molar refractivity (Wildman–Crippen MR) is 104 cm³/mol. The molecule has 0 radical (unpaired) electrons. The van der Waals surface area contributed by atoms with E-state index in [0.29, 0.717) is 31.8 Å². The molecule has 1 N–H and O–H groups in total. The van der Waals surface area contributed by atoms with Crippen LogP contribution in [0.1, 0.15) is 60.3 Å². The molecule has 1 amide bonds. The van der Waals surface area contributed by atoms with Crippen LogP contribution >= 0.6 is 11.8 Å². The molecule has 0 aromatic carbocycles. The van der Waals surface area contributed by atoms with Crippen LogP contribution in [-0.4, -0.2) is 65.5 Å². The number of amides is 1. The number of carbonyl (C=O) groups is 1. The van der Waals surface area contributed by atoms with Crippen molar-refractivity contribution in [3.05, 3.63) is 0 Å². The molecule has 2 aliphatic rings. The maximum absolute atomic E-state index is 12.5. The molecular formula is C19H36N2O3S. The molecule has 0 aromatic heterocycles. The second-order valence-electron chi connectivity index (χ2n) is 8.29. The Kier molecular flexibility index (Phi) is 7.90. The van der Waals surface area contributed by atoms with Gasteiger partial charge in [0.15, 0.2) is 0 Å². The van der Waals surface area contributed by atoms with Gasteiger partial charge in [0.05, 0.1) is 19.3 Å². The van der Waals surface area contributed by atoms with Crippen molar-refractivity contribution in [2.75, 3.05) is 25.5 Å². The Balaban J connectivity index is 1.83. The summed E-state index contributed by atoms with van der Waals surface area (Å²) in [5.41, 5.74) is -0.459. The Morgan fingerprint density at radius 2 is 2.16 bits per heavy atom. The molecule has 1 aliphatic heterocycles. The van der Waals surface area contributed by atoms with Crippen LogP contribution in [0.5, 0.6) is 0 Å². The summed E-state index contributed by atoms with van der Waals surface area (Å²) in [7, 11) is 0. The van der Waals surface area contributed by atoms with E-state index in [1.807, 2.05) is 25.7 Å². The number of hydrogen-bond acceptors (Lipinski definition) is 5. The van der Waals surface area contributed by atoms with E-state index in [2.05, 4.69) is 30.9 Å². The zero-order valence-electron chi connectivity index (χ0n) is 16.5. The largest absolute Gasteiger partial charge is 0.444 e. The lowest BCUT2D eigenvalue weighted by molar-refractivity contribution is -0.0357. The average molecular weight is 373 g/mol. The van der Waals surface area contributed by atoms with E-state index >= 15 is 0 Å². The number of morpholine rings is 1. The third-order valence-electron chi connectivity index (χ3n) is 4.79. The Hall–Kier alpha value is -0.460. The summed E-state index contributed by atoms with van der Waals surface area (Å²) in [6.45, 7) is 12.0. The highest BCUT2D eigenvalue weighted by Crippen LogP contribution is 2.30. The van der Waals surface area contributed by atoms with Gasteiger partial charge in [0.25, 0.3) is 0 Å². The van der Waals surface area contributed by atoms with Crippen molar-refractivity contribution in [3.8, 4) is 0 Å². The molecule has 25 heavy (non-hydrogen) atoms. The maximum atomic E-state index is 12.5. The number of hydrogen-bond donors (Lipinski definition) is 1. The van der Waals surface area contributed by atoms with Gasteiger partial charge in [-0.25, -0.2) is 4.79 Å². The maximum Gasteiger partial charge on any atom is 0.410 e. The first-order chi connectivity index (χ1) is 11.8. The Labute approximate surface area is 157 Å². The molecule has 0 bridgehead atoms. The zero-order valence-corrected chi connectivity index (χ0v) is 17.4. The Morgan fingerprint density at radius 3 is 2.84 bits per heavy atom. The molecule has 0 spiro atoms. The van der Waals surface area contributed by atoms with Crippen LogP contribution < -0.4 is 5.32 Å². The number of ether oxygens (including phenoxy) is 2. The molecule has 0 aromatic rings. The van der Waals surface area contributed by atoms with Crippen LogP contribution in [0.2, 0.25) is 0 Å². The van der Waals surface area contributed by atoms with Gasteiger partial charge in [0.1, 0.15) is 5.60 Å². The standard InChI is InChI=1S/C19H36N2O3S/c1-6-25-17-8-7-15(12-17)20-14(2)11-16-13-23-10-9-21(16)18(22)24-19(3,4)5/h14-17,20H,6-13H2,1-5H3. The van der Waals surface area contributed by atoms with Gasteiger partial charge in [-0.1, -0.05) is 6.92 Å². The fourth-order valence-corrected chi connectivity index (χ4v) is 4.91. The fourth-order valence-electron chi connectivity index (χ4n) is 3.77. The smallest absolute Gasteiger partial charge is 0.410 e. The first-order valence-electron chi connectivity index (χ1n) is 9.73. The molecule has 4 atom stereocenters. The van der Waals surface area contributed by atoms with Crippen molar-refractivity contribution in [2.24, 2.45) is 0 Å². The van der Waals surface area contributed by atoms with Gasteiger partial charge in [0.2, 0.25) is 0 Å². The van der Waals surface area contributed by atoms with Gasteiger partial charge in [0, 0.05) is 23.9 Å². The normalized spacial score (nSPS) is 28.8. The van der Waals surface area contributed by atoms with E-state index < -0.39 is 5.60 Å². The molecule has 6 heteroatoms. The minimum Gasteiger partial charge on any atom is -0.444 e. The number of carbonyl (C=O) groups excluding carboxylic acids is 1. The van der Waals surface area contributed by atoms with E-state index in [1.54, 1.807) is 0 Å². The summed E-state index contributed by atoms with van der Waals surface area (Å²) in [4.78, 5) is 14.3. The van der Waals surface area contributed by atoms with E-state index in [4.69, 9.17) is 9.47 Å². The fraction of sp³-hybridized carbons (Fsp3) is 0.947. The zero-order chi connectivity index (χ0) is 18.4. The second-order valence-corrected chi connectivity index (χ2v) is 9.87. The van der Waals surface area contributed by atoms with Crippen LogP contribution in [0.15, 0.2) is 0 Å². The number of nitrogens with one attached hydrogen (secondary N) is 1. The summed E-state index contributed by atoms with van der Waals surface area (Å²) in [5, 5.41) is 4.59. The molecule has 2 rings (SSSR count). The van der Waals surface area contributed by atoms with Crippen LogP contribution in [-0.2, 0) is 9.47 Å². The molecule has 2 fully saturated rings. The molecule has 146 valence electrons. The van der Waals surface area contributed by atoms with E-state index in [9.17, 15) is 4.79 Å². The van der Waals surface area contributed by atoms with Gasteiger partial charge in [-0.15, -0.1) is 0 Å². The van der Waals surface area contributed by atoms with Gasteiger partial charge in [-0.05, 0) is 59.1 Å². The van der Waals surface area contributed by atoms with E-state index in [1.165, 1.54) is 25.0 Å². The first-order valence-corrected chi connectivity index (χ1v) is 10.8. The lowest BCUT2D eigenvalue weighted by atomic mass is 10.1. The quantitative estimate of drug-likeness (QED) is 0.771. The number of nitrogens with zero attached hydrogens (tertiary/aromatic N) is 1. The Morgan fingerprint density at radius 1 is 1.40 bits per heavy atom. The molecule has 1 heterocycles. The van der Waals surface area contributed by atoms with Crippen molar-refractivity contribution in [1.29, 1.82) is 0 Å². The highest BCUT2D eigenvalue weighted by atomic mass is 32.2. The SMILES string of the molecule is CCSC1CCC(NC(C)CC2COCCN2C(=O)OC(C)(C)C)C1. The topological polar surface area (TPSA) is 50.8 Å². The lowest BCUT2D eigenvalue weighted by Crippen LogP contribution is -2.52. The van der Waals surface area contributed by atoms with Crippen LogP contribution in [0, 0.1) is 0 Å². The monoisotopic (exact) mass is 372 g/mol. The van der Waals surface area contributed by atoms with Crippen molar-refractivity contribution in [3.63, 3.8) is 0 Å². The van der Waals surface area contributed by atoms with E-state index in [-0.39, 0.29) is 12.1 Å². The number of thioether (sulfide) groups is 1. The summed E-state index contributed by atoms with van der Waals surface area (Å²) >= 11 is 2.09.